The molecule has 2 aromatic rings. The van der Waals surface area contributed by atoms with Crippen molar-refractivity contribution in [2.45, 2.75) is 39.3 Å². The molecule has 6 nitrogen and oxygen atoms in total. The second-order valence-electron chi connectivity index (χ2n) is 5.94. The molecule has 0 spiro atoms. The summed E-state index contributed by atoms with van der Waals surface area (Å²) in [6.45, 7) is 2.96. The first kappa shape index (κ1) is 17.0. The molecule has 0 saturated heterocycles. The maximum Gasteiger partial charge on any atom is 0.278 e. The van der Waals surface area contributed by atoms with Crippen molar-refractivity contribution in [1.82, 2.24) is 9.36 Å². The molecule has 132 valence electrons. The Hall–Kier alpha value is -2.81. The lowest BCUT2D eigenvalue weighted by Gasteiger charge is -2.13. The van der Waals surface area contributed by atoms with E-state index in [1.165, 1.54) is 14.2 Å². The number of ether oxygens (including phenoxy) is 2. The lowest BCUT2D eigenvalue weighted by molar-refractivity contribution is 0.365. The Kier molecular flexibility index (Phi) is 4.75. The zero-order valence-electron chi connectivity index (χ0n) is 14.8. The summed E-state index contributed by atoms with van der Waals surface area (Å²) < 4.78 is 14.2. The predicted molar refractivity (Wildman–Crippen MR) is 95.3 cm³/mol. The van der Waals surface area contributed by atoms with Gasteiger partial charge in [0.2, 0.25) is 5.88 Å². The average molecular weight is 342 g/mol. The second kappa shape index (κ2) is 6.98. The number of hydrogen-bond acceptors (Lipinski definition) is 4. The standard InChI is InChI=1S/C19H22N2O4/c1-4-8-13-11-14(24-2)16(15(12-13)25-3)17-18(22)20-9-6-5-7-10-21(20)19(17)23/h11-12,22H,5-7,9-10H2,1-3H3. The van der Waals surface area contributed by atoms with Crippen LogP contribution in [0.3, 0.4) is 0 Å². The summed E-state index contributed by atoms with van der Waals surface area (Å²) in [6, 6.07) is 3.50. The molecule has 1 aliphatic rings. The van der Waals surface area contributed by atoms with E-state index in [2.05, 4.69) is 11.8 Å². The highest BCUT2D eigenvalue weighted by molar-refractivity contribution is 5.81. The van der Waals surface area contributed by atoms with Crippen molar-refractivity contribution >= 4 is 0 Å². The molecule has 0 saturated carbocycles. The fourth-order valence-electron chi connectivity index (χ4n) is 3.32. The van der Waals surface area contributed by atoms with Crippen molar-refractivity contribution in [3.8, 4) is 40.3 Å². The summed E-state index contributed by atoms with van der Waals surface area (Å²) in [7, 11) is 3.05. The van der Waals surface area contributed by atoms with Crippen molar-refractivity contribution in [2.75, 3.05) is 14.2 Å². The van der Waals surface area contributed by atoms with Crippen LogP contribution >= 0.6 is 0 Å². The minimum atomic E-state index is -0.231. The van der Waals surface area contributed by atoms with Crippen LogP contribution in [0.15, 0.2) is 16.9 Å². The van der Waals surface area contributed by atoms with Gasteiger partial charge in [0.05, 0.1) is 19.8 Å². The van der Waals surface area contributed by atoms with Crippen LogP contribution in [-0.2, 0) is 13.1 Å². The zero-order valence-corrected chi connectivity index (χ0v) is 14.8. The van der Waals surface area contributed by atoms with Gasteiger partial charge >= 0.3 is 0 Å². The Labute approximate surface area is 146 Å². The van der Waals surface area contributed by atoms with Crippen LogP contribution in [0.5, 0.6) is 17.4 Å². The van der Waals surface area contributed by atoms with Crippen LogP contribution in [0.25, 0.3) is 11.1 Å². The van der Waals surface area contributed by atoms with E-state index in [0.717, 1.165) is 24.8 Å². The van der Waals surface area contributed by atoms with Crippen LogP contribution in [-0.4, -0.2) is 28.7 Å². The highest BCUT2D eigenvalue weighted by atomic mass is 16.5. The molecule has 0 atom stereocenters. The SMILES string of the molecule is CC#Cc1cc(OC)c(-c2c(O)n3n(c2=O)CCCCC3)c(OC)c1. The van der Waals surface area contributed by atoms with E-state index >= 15 is 0 Å². The minimum Gasteiger partial charge on any atom is -0.496 e. The number of benzene rings is 1. The van der Waals surface area contributed by atoms with Gasteiger partial charge in [-0.05, 0) is 38.3 Å². The molecule has 25 heavy (non-hydrogen) atoms. The minimum absolute atomic E-state index is 0.0437. The molecule has 0 fully saturated rings. The maximum absolute atomic E-state index is 13.0. The van der Waals surface area contributed by atoms with Crippen molar-refractivity contribution < 1.29 is 14.6 Å². The molecule has 1 aromatic carbocycles. The normalized spacial score (nSPS) is 13.4. The predicted octanol–water partition coefficient (Wildman–Crippen LogP) is 2.59. The quantitative estimate of drug-likeness (QED) is 0.871. The van der Waals surface area contributed by atoms with Gasteiger partial charge in [0, 0.05) is 18.7 Å². The third-order valence-electron chi connectivity index (χ3n) is 4.47. The fourth-order valence-corrected chi connectivity index (χ4v) is 3.32. The van der Waals surface area contributed by atoms with E-state index in [9.17, 15) is 9.90 Å². The lowest BCUT2D eigenvalue weighted by Crippen LogP contribution is -2.22. The Bertz CT molecular complexity index is 887. The molecule has 1 aliphatic heterocycles. The summed E-state index contributed by atoms with van der Waals surface area (Å²) in [4.78, 5) is 13.0. The topological polar surface area (TPSA) is 65.6 Å². The summed E-state index contributed by atoms with van der Waals surface area (Å²) in [5.41, 5.74) is 1.17. The number of aromatic hydroxyl groups is 1. The average Bonchev–Trinajstić information content (AvgIpc) is 2.79. The first-order valence-electron chi connectivity index (χ1n) is 8.34. The van der Waals surface area contributed by atoms with Gasteiger partial charge < -0.3 is 14.6 Å². The molecule has 3 rings (SSSR count). The molecule has 1 N–H and O–H groups in total. The molecule has 0 bridgehead atoms. The van der Waals surface area contributed by atoms with Gasteiger partial charge in [-0.2, -0.15) is 0 Å². The Morgan fingerprint density at radius 1 is 1.00 bits per heavy atom. The van der Waals surface area contributed by atoms with Gasteiger partial charge in [0.1, 0.15) is 17.1 Å². The van der Waals surface area contributed by atoms with Gasteiger partial charge in [-0.15, -0.1) is 5.92 Å². The van der Waals surface area contributed by atoms with Crippen LogP contribution in [0.1, 0.15) is 31.7 Å². The van der Waals surface area contributed by atoms with E-state index < -0.39 is 0 Å². The first-order chi connectivity index (χ1) is 12.1. The highest BCUT2D eigenvalue weighted by Gasteiger charge is 2.27. The fraction of sp³-hybridized carbons (Fsp3) is 0.421. The second-order valence-corrected chi connectivity index (χ2v) is 5.94. The number of hydrogen-bond donors (Lipinski definition) is 1. The monoisotopic (exact) mass is 342 g/mol. The van der Waals surface area contributed by atoms with E-state index in [1.807, 2.05) is 0 Å². The maximum atomic E-state index is 13.0. The molecule has 0 amide bonds. The number of aromatic nitrogens is 2. The Balaban J connectivity index is 2.29. The third-order valence-corrected chi connectivity index (χ3v) is 4.47. The molecule has 2 heterocycles. The van der Waals surface area contributed by atoms with Gasteiger partial charge in [-0.3, -0.25) is 9.48 Å². The molecule has 0 aliphatic carbocycles. The van der Waals surface area contributed by atoms with Crippen LogP contribution in [0.2, 0.25) is 0 Å². The Morgan fingerprint density at radius 3 is 2.16 bits per heavy atom. The van der Waals surface area contributed by atoms with Gasteiger partial charge in [0.25, 0.3) is 5.56 Å². The number of nitrogens with zero attached hydrogens (tertiary/aromatic N) is 2. The van der Waals surface area contributed by atoms with Crippen LogP contribution < -0.4 is 15.0 Å². The Morgan fingerprint density at radius 2 is 1.60 bits per heavy atom. The third kappa shape index (κ3) is 2.86. The summed E-state index contributed by atoms with van der Waals surface area (Å²) >= 11 is 0. The van der Waals surface area contributed by atoms with Crippen molar-refractivity contribution in [3.05, 3.63) is 28.0 Å². The molecular weight excluding hydrogens is 320 g/mol. The highest BCUT2D eigenvalue weighted by Crippen LogP contribution is 2.42. The van der Waals surface area contributed by atoms with Crippen molar-refractivity contribution in [3.63, 3.8) is 0 Å². The van der Waals surface area contributed by atoms with E-state index in [-0.39, 0.29) is 17.0 Å². The van der Waals surface area contributed by atoms with Crippen molar-refractivity contribution in [2.24, 2.45) is 0 Å². The number of methoxy groups -OCH3 is 2. The molecule has 0 unspecified atom stereocenters. The summed E-state index contributed by atoms with van der Waals surface area (Å²) in [5.74, 6) is 6.65. The molecule has 1 aromatic heterocycles. The van der Waals surface area contributed by atoms with Gasteiger partial charge in [0.15, 0.2) is 0 Å². The number of fused-ring (bicyclic) bond motifs is 1. The van der Waals surface area contributed by atoms with Gasteiger partial charge in [-0.1, -0.05) is 5.92 Å². The molecular formula is C19H22N2O4. The van der Waals surface area contributed by atoms with E-state index in [0.29, 0.717) is 30.2 Å². The van der Waals surface area contributed by atoms with Crippen molar-refractivity contribution in [1.29, 1.82) is 0 Å². The zero-order chi connectivity index (χ0) is 18.0. The number of rotatable bonds is 3. The van der Waals surface area contributed by atoms with Gasteiger partial charge in [-0.25, -0.2) is 4.68 Å². The summed E-state index contributed by atoms with van der Waals surface area (Å²) in [6.07, 6.45) is 2.89. The van der Waals surface area contributed by atoms with Crippen LogP contribution in [0, 0.1) is 11.8 Å². The largest absolute Gasteiger partial charge is 0.496 e. The van der Waals surface area contributed by atoms with E-state index in [1.54, 1.807) is 28.4 Å². The first-order valence-corrected chi connectivity index (χ1v) is 8.34. The lowest BCUT2D eigenvalue weighted by atomic mass is 10.0. The van der Waals surface area contributed by atoms with Crippen LogP contribution in [0.4, 0.5) is 0 Å². The smallest absolute Gasteiger partial charge is 0.278 e. The molecule has 6 heteroatoms. The summed E-state index contributed by atoms with van der Waals surface area (Å²) in [5, 5.41) is 10.7. The molecule has 0 radical (unpaired) electrons. The van der Waals surface area contributed by atoms with E-state index in [4.69, 9.17) is 9.47 Å².